The molecule has 112 valence electrons. The smallest absolute Gasteiger partial charge is 0.413 e. The highest BCUT2D eigenvalue weighted by Gasteiger charge is 2.24. The molecule has 0 saturated carbocycles. The molecule has 0 amide bonds. The molecule has 0 heterocycles. The molecule has 0 fully saturated rings. The number of hydrogen-bond donors (Lipinski definition) is 1. The number of aromatic carboxylic acids is 1. The van der Waals surface area contributed by atoms with Gasteiger partial charge in [0.05, 0.1) is 11.1 Å². The first-order valence-corrected chi connectivity index (χ1v) is 5.69. The van der Waals surface area contributed by atoms with Gasteiger partial charge in [-0.25, -0.2) is 9.59 Å². The second-order valence-corrected chi connectivity index (χ2v) is 3.76. The molecular formula is C13H12O8. The van der Waals surface area contributed by atoms with Crippen LogP contribution in [0.25, 0.3) is 0 Å². The number of carbonyl (C=O) groups excluding carboxylic acids is 3. The van der Waals surface area contributed by atoms with Gasteiger partial charge in [0.2, 0.25) is 0 Å². The molecule has 8 nitrogen and oxygen atoms in total. The Hall–Kier alpha value is -2.90. The zero-order valence-electron chi connectivity index (χ0n) is 11.2. The third-order valence-electron chi connectivity index (χ3n) is 2.11. The van der Waals surface area contributed by atoms with Crippen molar-refractivity contribution in [3.63, 3.8) is 0 Å². The molecule has 0 aliphatic rings. The SMILES string of the molecule is CC(=O)OC(OC(C)=O)OC(=O)c1ccccc1C(=O)O. The van der Waals surface area contributed by atoms with Gasteiger partial charge in [-0.3, -0.25) is 9.59 Å². The largest absolute Gasteiger partial charge is 0.478 e. The van der Waals surface area contributed by atoms with E-state index in [1.807, 2.05) is 0 Å². The first kappa shape index (κ1) is 16.2. The number of rotatable bonds is 5. The number of carbonyl (C=O) groups is 4. The summed E-state index contributed by atoms with van der Waals surface area (Å²) in [4.78, 5) is 44.5. The first-order chi connectivity index (χ1) is 9.81. The minimum absolute atomic E-state index is 0.269. The summed E-state index contributed by atoms with van der Waals surface area (Å²) >= 11 is 0. The Morgan fingerprint density at radius 3 is 1.81 bits per heavy atom. The second-order valence-electron chi connectivity index (χ2n) is 3.76. The molecule has 1 aromatic rings. The van der Waals surface area contributed by atoms with E-state index in [9.17, 15) is 19.2 Å². The second kappa shape index (κ2) is 7.04. The number of ether oxygens (including phenoxy) is 3. The third kappa shape index (κ3) is 4.94. The molecular weight excluding hydrogens is 284 g/mol. The molecule has 0 saturated heterocycles. The molecule has 0 aromatic heterocycles. The van der Waals surface area contributed by atoms with E-state index in [0.29, 0.717) is 0 Å². The topological polar surface area (TPSA) is 116 Å². The Morgan fingerprint density at radius 1 is 0.905 bits per heavy atom. The summed E-state index contributed by atoms with van der Waals surface area (Å²) in [6.45, 7) is 0.166. The Balaban J connectivity index is 2.94. The van der Waals surface area contributed by atoms with Gasteiger partial charge in [-0.1, -0.05) is 12.1 Å². The van der Waals surface area contributed by atoms with E-state index in [4.69, 9.17) is 5.11 Å². The molecule has 21 heavy (non-hydrogen) atoms. The number of carboxylic acid groups (broad SMARTS) is 1. The van der Waals surface area contributed by atoms with Crippen LogP contribution in [0.15, 0.2) is 24.3 Å². The van der Waals surface area contributed by atoms with Gasteiger partial charge in [0.25, 0.3) is 0 Å². The Bertz CT molecular complexity index is 561. The lowest BCUT2D eigenvalue weighted by Gasteiger charge is -2.16. The summed E-state index contributed by atoms with van der Waals surface area (Å²) in [6.07, 6.45) is 0. The minimum atomic E-state index is -1.88. The predicted molar refractivity (Wildman–Crippen MR) is 66.1 cm³/mol. The van der Waals surface area contributed by atoms with Gasteiger partial charge in [-0.15, -0.1) is 0 Å². The van der Waals surface area contributed by atoms with Crippen molar-refractivity contribution >= 4 is 23.9 Å². The highest BCUT2D eigenvalue weighted by Crippen LogP contribution is 2.12. The molecule has 0 bridgehead atoms. The van der Waals surface area contributed by atoms with E-state index in [2.05, 4.69) is 14.2 Å². The monoisotopic (exact) mass is 296 g/mol. The fourth-order valence-corrected chi connectivity index (χ4v) is 1.34. The van der Waals surface area contributed by atoms with Crippen molar-refractivity contribution in [2.24, 2.45) is 0 Å². The third-order valence-corrected chi connectivity index (χ3v) is 2.11. The van der Waals surface area contributed by atoms with Crippen molar-refractivity contribution in [2.45, 2.75) is 20.3 Å². The molecule has 0 aliphatic heterocycles. The molecule has 1 aromatic carbocycles. The molecule has 0 atom stereocenters. The molecule has 0 radical (unpaired) electrons. The summed E-state index contributed by atoms with van der Waals surface area (Å²) in [7, 11) is 0. The van der Waals surface area contributed by atoms with Crippen molar-refractivity contribution in [1.82, 2.24) is 0 Å². The number of benzene rings is 1. The van der Waals surface area contributed by atoms with Crippen LogP contribution in [0.3, 0.4) is 0 Å². The van der Waals surface area contributed by atoms with Gasteiger partial charge in [-0.05, 0) is 12.1 Å². The van der Waals surface area contributed by atoms with Crippen LogP contribution in [-0.2, 0) is 23.8 Å². The van der Waals surface area contributed by atoms with Crippen LogP contribution in [0.5, 0.6) is 0 Å². The summed E-state index contributed by atoms with van der Waals surface area (Å²) in [5.41, 5.74) is -0.568. The summed E-state index contributed by atoms with van der Waals surface area (Å²) in [5.74, 6) is -4.14. The van der Waals surface area contributed by atoms with Crippen molar-refractivity contribution in [2.75, 3.05) is 0 Å². The van der Waals surface area contributed by atoms with Crippen LogP contribution in [0.4, 0.5) is 0 Å². The summed E-state index contributed by atoms with van der Waals surface area (Å²) in [5, 5.41) is 8.96. The minimum Gasteiger partial charge on any atom is -0.478 e. The maximum absolute atomic E-state index is 11.9. The Labute approximate surface area is 119 Å². The average molecular weight is 296 g/mol. The molecule has 0 aliphatic carbocycles. The normalized spacial score (nSPS) is 9.86. The Morgan fingerprint density at radius 2 is 1.38 bits per heavy atom. The zero-order valence-corrected chi connectivity index (χ0v) is 11.2. The zero-order chi connectivity index (χ0) is 16.0. The molecule has 0 unspecified atom stereocenters. The summed E-state index contributed by atoms with van der Waals surface area (Å²) < 4.78 is 13.6. The van der Waals surface area contributed by atoms with Gasteiger partial charge in [0.15, 0.2) is 0 Å². The van der Waals surface area contributed by atoms with Crippen molar-refractivity contribution < 1.29 is 38.5 Å². The van der Waals surface area contributed by atoms with E-state index in [1.165, 1.54) is 24.3 Å². The van der Waals surface area contributed by atoms with E-state index >= 15 is 0 Å². The van der Waals surface area contributed by atoms with Crippen molar-refractivity contribution in [3.05, 3.63) is 35.4 Å². The van der Waals surface area contributed by atoms with E-state index < -0.39 is 30.4 Å². The van der Waals surface area contributed by atoms with Gasteiger partial charge in [0.1, 0.15) is 0 Å². The molecule has 1 rings (SSSR count). The maximum Gasteiger partial charge on any atom is 0.413 e. The number of esters is 3. The maximum atomic E-state index is 11.9. The average Bonchev–Trinajstić information content (AvgIpc) is 2.36. The van der Waals surface area contributed by atoms with Gasteiger partial charge in [0, 0.05) is 13.8 Å². The number of hydrogen-bond acceptors (Lipinski definition) is 7. The molecule has 0 spiro atoms. The fraction of sp³-hybridized carbons (Fsp3) is 0.231. The van der Waals surface area contributed by atoms with Crippen LogP contribution in [0.2, 0.25) is 0 Å². The van der Waals surface area contributed by atoms with E-state index in [1.54, 1.807) is 0 Å². The quantitative estimate of drug-likeness (QED) is 0.630. The summed E-state index contributed by atoms with van der Waals surface area (Å²) in [6, 6.07) is 5.27. The first-order valence-electron chi connectivity index (χ1n) is 5.69. The van der Waals surface area contributed by atoms with Gasteiger partial charge < -0.3 is 19.3 Å². The molecule has 1 N–H and O–H groups in total. The van der Waals surface area contributed by atoms with Gasteiger partial charge >= 0.3 is 30.4 Å². The standard InChI is InChI=1S/C13H12O8/c1-7(14)19-13(20-8(2)15)21-12(18)10-6-4-3-5-9(10)11(16)17/h3-6,13H,1-2H3,(H,16,17). The lowest BCUT2D eigenvalue weighted by molar-refractivity contribution is -0.242. The van der Waals surface area contributed by atoms with Crippen LogP contribution >= 0.6 is 0 Å². The lowest BCUT2D eigenvalue weighted by atomic mass is 10.1. The van der Waals surface area contributed by atoms with E-state index in [0.717, 1.165) is 13.8 Å². The van der Waals surface area contributed by atoms with Crippen LogP contribution in [0, 0.1) is 0 Å². The van der Waals surface area contributed by atoms with Gasteiger partial charge in [-0.2, -0.15) is 0 Å². The van der Waals surface area contributed by atoms with Crippen LogP contribution < -0.4 is 0 Å². The van der Waals surface area contributed by atoms with Crippen LogP contribution in [0.1, 0.15) is 34.6 Å². The Kier molecular flexibility index (Phi) is 5.41. The lowest BCUT2D eigenvalue weighted by Crippen LogP contribution is -2.28. The number of carboxylic acids is 1. The van der Waals surface area contributed by atoms with E-state index in [-0.39, 0.29) is 11.1 Å². The van der Waals surface area contributed by atoms with Crippen molar-refractivity contribution in [3.8, 4) is 0 Å². The fourth-order valence-electron chi connectivity index (χ4n) is 1.34. The van der Waals surface area contributed by atoms with Crippen LogP contribution in [-0.4, -0.2) is 35.5 Å². The molecule has 8 heteroatoms. The highest BCUT2D eigenvalue weighted by molar-refractivity contribution is 6.02. The van der Waals surface area contributed by atoms with Crippen molar-refractivity contribution in [1.29, 1.82) is 0 Å². The highest BCUT2D eigenvalue weighted by atomic mass is 16.9. The predicted octanol–water partition coefficient (Wildman–Crippen LogP) is 0.951.